The Hall–Kier alpha value is -2.02. The van der Waals surface area contributed by atoms with Crippen LogP contribution in [0.3, 0.4) is 0 Å². The van der Waals surface area contributed by atoms with E-state index in [9.17, 15) is 18.0 Å². The molecule has 0 aromatic heterocycles. The highest BCUT2D eigenvalue weighted by Gasteiger charge is 2.27. The van der Waals surface area contributed by atoms with Crippen molar-refractivity contribution >= 4 is 11.7 Å². The Morgan fingerprint density at radius 3 is 2.64 bits per heavy atom. The molecule has 0 heterocycles. The van der Waals surface area contributed by atoms with Crippen LogP contribution in [0.1, 0.15) is 12.0 Å². The van der Waals surface area contributed by atoms with Crippen molar-refractivity contribution in [3.63, 3.8) is 0 Å². The van der Waals surface area contributed by atoms with Crippen LogP contribution in [0.25, 0.3) is 0 Å². The number of halogens is 3. The fourth-order valence-corrected chi connectivity index (χ4v) is 1.88. The van der Waals surface area contributed by atoms with Gasteiger partial charge >= 0.3 is 12.2 Å². The van der Waals surface area contributed by atoms with Crippen molar-refractivity contribution in [2.45, 2.75) is 19.0 Å². The van der Waals surface area contributed by atoms with Gasteiger partial charge in [-0.1, -0.05) is 24.3 Å². The van der Waals surface area contributed by atoms with Crippen LogP contribution in [-0.4, -0.2) is 41.9 Å². The molecule has 0 aliphatic carbocycles. The van der Waals surface area contributed by atoms with Gasteiger partial charge in [-0.05, 0) is 18.1 Å². The molecule has 0 saturated carbocycles. The number of carbonyl (C=O) groups excluding carboxylic acids is 1. The Labute approximate surface area is 127 Å². The van der Waals surface area contributed by atoms with Crippen LogP contribution in [-0.2, 0) is 6.42 Å². The Morgan fingerprint density at radius 2 is 2.05 bits per heavy atom. The summed E-state index contributed by atoms with van der Waals surface area (Å²) in [7, 11) is 0. The first kappa shape index (κ1) is 18.0. The number of aliphatic hydroxyl groups excluding tert-OH is 1. The standard InChI is InChI=1S/C15H19F3N2O2/c1-2-9-20(10-11-21)14(22)19-13-6-4-3-5-12(13)7-8-15(16,17)18/h2-6,21H,1,7-11H2,(H,19,22). The first-order chi connectivity index (χ1) is 10.4. The Kier molecular flexibility index (Phi) is 6.91. The van der Waals surface area contributed by atoms with Gasteiger partial charge in [-0.25, -0.2) is 4.79 Å². The molecule has 4 nitrogen and oxygen atoms in total. The quantitative estimate of drug-likeness (QED) is 0.759. The van der Waals surface area contributed by atoms with Gasteiger partial charge in [-0.2, -0.15) is 13.2 Å². The summed E-state index contributed by atoms with van der Waals surface area (Å²) in [6.45, 7) is 3.65. The van der Waals surface area contributed by atoms with Crippen LogP contribution in [0.2, 0.25) is 0 Å². The molecule has 1 aromatic carbocycles. The van der Waals surface area contributed by atoms with Gasteiger partial charge in [0, 0.05) is 25.2 Å². The number of aliphatic hydroxyl groups is 1. The third-order valence-electron chi connectivity index (χ3n) is 2.94. The van der Waals surface area contributed by atoms with E-state index < -0.39 is 18.6 Å². The van der Waals surface area contributed by atoms with Crippen molar-refractivity contribution in [1.29, 1.82) is 0 Å². The highest BCUT2D eigenvalue weighted by molar-refractivity contribution is 5.90. The van der Waals surface area contributed by atoms with E-state index in [4.69, 9.17) is 5.11 Å². The monoisotopic (exact) mass is 316 g/mol. The van der Waals surface area contributed by atoms with E-state index >= 15 is 0 Å². The lowest BCUT2D eigenvalue weighted by atomic mass is 10.1. The summed E-state index contributed by atoms with van der Waals surface area (Å²) in [5, 5.41) is 11.5. The molecule has 0 radical (unpaired) electrons. The van der Waals surface area contributed by atoms with E-state index in [2.05, 4.69) is 11.9 Å². The van der Waals surface area contributed by atoms with E-state index in [1.54, 1.807) is 24.3 Å². The largest absolute Gasteiger partial charge is 0.395 e. The van der Waals surface area contributed by atoms with Gasteiger partial charge in [0.25, 0.3) is 0 Å². The summed E-state index contributed by atoms with van der Waals surface area (Å²) in [5.74, 6) is 0. The molecular formula is C15H19F3N2O2. The van der Waals surface area contributed by atoms with Gasteiger partial charge in [-0.15, -0.1) is 6.58 Å². The van der Waals surface area contributed by atoms with Gasteiger partial charge in [0.05, 0.1) is 6.61 Å². The van der Waals surface area contributed by atoms with Gasteiger partial charge in [0.2, 0.25) is 0 Å². The van der Waals surface area contributed by atoms with Crippen molar-refractivity contribution < 1.29 is 23.1 Å². The molecule has 22 heavy (non-hydrogen) atoms. The second-order valence-electron chi connectivity index (χ2n) is 4.66. The predicted octanol–water partition coefficient (Wildman–Crippen LogP) is 3.19. The molecule has 0 bridgehead atoms. The first-order valence-corrected chi connectivity index (χ1v) is 6.79. The summed E-state index contributed by atoms with van der Waals surface area (Å²) >= 11 is 0. The summed E-state index contributed by atoms with van der Waals surface area (Å²) in [4.78, 5) is 13.4. The second-order valence-corrected chi connectivity index (χ2v) is 4.66. The Bertz CT molecular complexity index is 504. The molecule has 2 N–H and O–H groups in total. The van der Waals surface area contributed by atoms with E-state index in [1.807, 2.05) is 0 Å². The zero-order chi connectivity index (χ0) is 16.6. The van der Waals surface area contributed by atoms with Crippen molar-refractivity contribution in [2.24, 2.45) is 0 Å². The molecule has 1 aromatic rings. The van der Waals surface area contributed by atoms with E-state index in [1.165, 1.54) is 11.0 Å². The van der Waals surface area contributed by atoms with Crippen molar-refractivity contribution in [3.8, 4) is 0 Å². The Balaban J connectivity index is 2.79. The molecule has 7 heteroatoms. The molecule has 0 unspecified atom stereocenters. The number of amides is 2. The van der Waals surface area contributed by atoms with Crippen molar-refractivity contribution in [2.75, 3.05) is 25.0 Å². The average Bonchev–Trinajstić information content (AvgIpc) is 2.45. The van der Waals surface area contributed by atoms with Crippen LogP contribution < -0.4 is 5.32 Å². The molecule has 122 valence electrons. The molecule has 0 saturated heterocycles. The minimum Gasteiger partial charge on any atom is -0.395 e. The maximum Gasteiger partial charge on any atom is 0.389 e. The van der Waals surface area contributed by atoms with Crippen LogP contribution in [0.5, 0.6) is 0 Å². The van der Waals surface area contributed by atoms with E-state index in [-0.39, 0.29) is 26.1 Å². The zero-order valence-electron chi connectivity index (χ0n) is 12.1. The lowest BCUT2D eigenvalue weighted by molar-refractivity contribution is -0.133. The van der Waals surface area contributed by atoms with Gasteiger partial charge < -0.3 is 15.3 Å². The molecule has 0 aliphatic rings. The van der Waals surface area contributed by atoms with Crippen LogP contribution in [0, 0.1) is 0 Å². The minimum atomic E-state index is -4.25. The number of rotatable bonds is 7. The van der Waals surface area contributed by atoms with Crippen molar-refractivity contribution in [3.05, 3.63) is 42.5 Å². The number of carbonyl (C=O) groups is 1. The van der Waals surface area contributed by atoms with Crippen LogP contribution in [0.4, 0.5) is 23.7 Å². The maximum atomic E-state index is 12.3. The number of alkyl halides is 3. The molecule has 2 amide bonds. The number of para-hydroxylation sites is 1. The fraction of sp³-hybridized carbons (Fsp3) is 0.400. The van der Waals surface area contributed by atoms with Crippen molar-refractivity contribution in [1.82, 2.24) is 4.90 Å². The van der Waals surface area contributed by atoms with Gasteiger partial charge in [-0.3, -0.25) is 0 Å². The predicted molar refractivity (Wildman–Crippen MR) is 78.7 cm³/mol. The Morgan fingerprint density at radius 1 is 1.36 bits per heavy atom. The number of hydrogen-bond donors (Lipinski definition) is 2. The number of aryl methyl sites for hydroxylation is 1. The topological polar surface area (TPSA) is 52.6 Å². The summed E-state index contributed by atoms with van der Waals surface area (Å²) in [6, 6.07) is 5.86. The summed E-state index contributed by atoms with van der Waals surface area (Å²) in [5.41, 5.74) is 0.750. The van der Waals surface area contributed by atoms with Crippen LogP contribution >= 0.6 is 0 Å². The molecular weight excluding hydrogens is 297 g/mol. The minimum absolute atomic E-state index is 0.114. The third-order valence-corrected chi connectivity index (χ3v) is 2.94. The lowest BCUT2D eigenvalue weighted by Gasteiger charge is -2.21. The molecule has 0 spiro atoms. The molecule has 1 rings (SSSR count). The molecule has 0 fully saturated rings. The average molecular weight is 316 g/mol. The lowest BCUT2D eigenvalue weighted by Crippen LogP contribution is -2.37. The highest BCUT2D eigenvalue weighted by atomic mass is 19.4. The number of nitrogens with zero attached hydrogens (tertiary/aromatic N) is 1. The smallest absolute Gasteiger partial charge is 0.389 e. The SMILES string of the molecule is C=CCN(CCO)C(=O)Nc1ccccc1CCC(F)(F)F. The number of benzene rings is 1. The highest BCUT2D eigenvalue weighted by Crippen LogP contribution is 2.25. The summed E-state index contributed by atoms with van der Waals surface area (Å²) in [6.07, 6.45) is -3.90. The number of nitrogens with one attached hydrogen (secondary N) is 1. The van der Waals surface area contributed by atoms with Gasteiger partial charge in [0.1, 0.15) is 0 Å². The first-order valence-electron chi connectivity index (χ1n) is 6.79. The fourth-order valence-electron chi connectivity index (χ4n) is 1.88. The van der Waals surface area contributed by atoms with E-state index in [0.29, 0.717) is 11.3 Å². The molecule has 0 aliphatic heterocycles. The second kappa shape index (κ2) is 8.43. The maximum absolute atomic E-state index is 12.3. The number of anilines is 1. The normalized spacial score (nSPS) is 11.1. The third kappa shape index (κ3) is 6.17. The zero-order valence-corrected chi connectivity index (χ0v) is 12.1. The summed E-state index contributed by atoms with van der Waals surface area (Å²) < 4.78 is 37.0. The number of urea groups is 1. The van der Waals surface area contributed by atoms with Gasteiger partial charge in [0.15, 0.2) is 0 Å². The van der Waals surface area contributed by atoms with Crippen LogP contribution in [0.15, 0.2) is 36.9 Å². The van der Waals surface area contributed by atoms with E-state index in [0.717, 1.165) is 0 Å². The molecule has 0 atom stereocenters. The number of hydrogen-bond acceptors (Lipinski definition) is 2.